The first-order valence-corrected chi connectivity index (χ1v) is 13.5. The minimum absolute atomic E-state index is 0.0486. The maximum Gasteiger partial charge on any atom is 0.489 e. The minimum atomic E-state index is -4.91. The van der Waals surface area contributed by atoms with E-state index in [4.69, 9.17) is 17.2 Å². The number of nitrogens with one attached hydrogen (secondary N) is 1. The van der Waals surface area contributed by atoms with Crippen LogP contribution < -0.4 is 28.0 Å². The molecule has 2 amide bonds. The Kier molecular flexibility index (Phi) is 13.3. The molecule has 0 radical (unpaired) electrons. The maximum atomic E-state index is 13.3. The predicted octanol–water partition coefficient (Wildman–Crippen LogP) is 0.0966. The van der Waals surface area contributed by atoms with Crippen LogP contribution in [0.2, 0.25) is 0 Å². The lowest BCUT2D eigenvalue weighted by molar-refractivity contribution is -0.138. The van der Waals surface area contributed by atoms with E-state index in [2.05, 4.69) is 5.32 Å². The first-order chi connectivity index (χ1) is 20.5. The maximum absolute atomic E-state index is 13.3. The molecule has 2 aromatic rings. The Morgan fingerprint density at radius 1 is 0.886 bits per heavy atom. The molecule has 0 heterocycles. The average Bonchev–Trinajstić information content (AvgIpc) is 2.94. The van der Waals surface area contributed by atoms with Gasteiger partial charge in [-0.25, -0.2) is 0 Å². The van der Waals surface area contributed by atoms with Crippen molar-refractivity contribution in [3.63, 3.8) is 0 Å². The number of nitrogens with zero attached hydrogens (tertiary/aromatic N) is 1. The fraction of sp³-hybridized carbons (Fsp3) is 0.444. The summed E-state index contributed by atoms with van der Waals surface area (Å²) < 4.78 is 78.8. The van der Waals surface area contributed by atoms with Crippen molar-refractivity contribution in [1.29, 1.82) is 0 Å². The fourth-order valence-electron chi connectivity index (χ4n) is 4.35. The quantitative estimate of drug-likeness (QED) is 0.118. The summed E-state index contributed by atoms with van der Waals surface area (Å²) in [5.41, 5.74) is 14.0. The number of nitrogens with two attached hydrogens (primary N) is 3. The van der Waals surface area contributed by atoms with E-state index >= 15 is 0 Å². The van der Waals surface area contributed by atoms with Crippen molar-refractivity contribution in [2.45, 2.75) is 50.1 Å². The first kappa shape index (κ1) is 36.7. The minimum Gasteiger partial charge on any atom is -0.423 e. The highest BCUT2D eigenvalue weighted by Gasteiger charge is 2.36. The highest BCUT2D eigenvalue weighted by atomic mass is 19.4. The number of amides is 2. The average molecular weight is 633 g/mol. The molecule has 0 aliphatic heterocycles. The van der Waals surface area contributed by atoms with Crippen LogP contribution in [0.1, 0.15) is 35.1 Å². The van der Waals surface area contributed by atoms with Crippen molar-refractivity contribution in [3.05, 3.63) is 64.7 Å². The summed E-state index contributed by atoms with van der Waals surface area (Å²) in [7, 11) is -2.50. The number of hydrogen-bond donors (Lipinski definition) is 6. The Balaban J connectivity index is 2.27. The lowest BCUT2D eigenvalue weighted by atomic mass is 9.75. The number of Topliss-reactive ketones (excluding diaryl/α,β-unsaturated/α-hetero) is 1. The van der Waals surface area contributed by atoms with E-state index in [9.17, 15) is 50.8 Å². The van der Waals surface area contributed by atoms with E-state index < -0.39 is 66.3 Å². The molecule has 2 rings (SSSR count). The van der Waals surface area contributed by atoms with Gasteiger partial charge in [0.2, 0.25) is 11.8 Å². The number of alkyl halides is 6. The van der Waals surface area contributed by atoms with Gasteiger partial charge in [-0.2, -0.15) is 26.3 Å². The summed E-state index contributed by atoms with van der Waals surface area (Å²) in [6.45, 7) is 0.841. The summed E-state index contributed by atoms with van der Waals surface area (Å²) in [5.74, 6) is -1.96. The molecule has 0 bridgehead atoms. The van der Waals surface area contributed by atoms with Crippen LogP contribution in [0.15, 0.2) is 42.5 Å². The lowest BCUT2D eigenvalue weighted by Crippen LogP contribution is -2.50. The number of hydrogen-bond acceptors (Lipinski definition) is 8. The van der Waals surface area contributed by atoms with Gasteiger partial charge in [-0.1, -0.05) is 30.3 Å². The van der Waals surface area contributed by atoms with Gasteiger partial charge < -0.3 is 37.5 Å². The van der Waals surface area contributed by atoms with E-state index in [1.54, 1.807) is 0 Å². The van der Waals surface area contributed by atoms with Crippen molar-refractivity contribution in [2.75, 3.05) is 26.2 Å². The van der Waals surface area contributed by atoms with Crippen LogP contribution in [0.3, 0.4) is 0 Å². The molecule has 0 aliphatic carbocycles. The summed E-state index contributed by atoms with van der Waals surface area (Å²) in [5, 5.41) is 21.3. The molecule has 2 atom stereocenters. The van der Waals surface area contributed by atoms with Gasteiger partial charge >= 0.3 is 19.5 Å². The molecule has 0 unspecified atom stereocenters. The first-order valence-electron chi connectivity index (χ1n) is 13.5. The van der Waals surface area contributed by atoms with E-state index in [0.717, 1.165) is 36.4 Å². The SMILES string of the molecule is NCCN(CCN)C(=O)CC[C@H](N)C(=O)N[C@H](Cc1ccc(C(F)(F)F)cc1)C(=O)Cc1ccc(C(F)(F)F)c(B(O)O)c1. The fourth-order valence-corrected chi connectivity index (χ4v) is 4.35. The number of rotatable bonds is 15. The normalized spacial score (nSPS) is 13.2. The van der Waals surface area contributed by atoms with Gasteiger partial charge in [0.1, 0.15) is 0 Å². The summed E-state index contributed by atoms with van der Waals surface area (Å²) in [6.07, 6.45) is -10.7. The molecule has 242 valence electrons. The van der Waals surface area contributed by atoms with Crippen LogP contribution >= 0.6 is 0 Å². The number of ketones is 1. The molecule has 10 nitrogen and oxygen atoms in total. The molecule has 44 heavy (non-hydrogen) atoms. The Bertz CT molecular complexity index is 1270. The van der Waals surface area contributed by atoms with Gasteiger partial charge in [-0.3, -0.25) is 14.4 Å². The number of halogens is 6. The highest BCUT2D eigenvalue weighted by molar-refractivity contribution is 6.59. The molecule has 0 spiro atoms. The van der Waals surface area contributed by atoms with Gasteiger partial charge in [0.05, 0.1) is 23.2 Å². The van der Waals surface area contributed by atoms with E-state index in [0.29, 0.717) is 6.07 Å². The third-order valence-electron chi connectivity index (χ3n) is 6.66. The summed E-state index contributed by atoms with van der Waals surface area (Å²) >= 11 is 0. The monoisotopic (exact) mass is 633 g/mol. The van der Waals surface area contributed by atoms with Gasteiger partial charge in [0, 0.05) is 39.0 Å². The Morgan fingerprint density at radius 2 is 1.45 bits per heavy atom. The van der Waals surface area contributed by atoms with Crippen molar-refractivity contribution in [2.24, 2.45) is 17.2 Å². The molecule has 2 aromatic carbocycles. The molecule has 0 aromatic heterocycles. The van der Waals surface area contributed by atoms with Gasteiger partial charge in [-0.05, 0) is 41.6 Å². The third kappa shape index (κ3) is 10.9. The van der Waals surface area contributed by atoms with Gasteiger partial charge in [0.25, 0.3) is 0 Å². The predicted molar refractivity (Wildman–Crippen MR) is 149 cm³/mol. The van der Waals surface area contributed by atoms with Crippen LogP contribution in [-0.2, 0) is 39.6 Å². The smallest absolute Gasteiger partial charge is 0.423 e. The van der Waals surface area contributed by atoms with Gasteiger partial charge in [0.15, 0.2) is 5.78 Å². The number of carbonyl (C=O) groups is 3. The number of benzene rings is 2. The second-order valence-electron chi connectivity index (χ2n) is 10.00. The summed E-state index contributed by atoms with van der Waals surface area (Å²) in [4.78, 5) is 40.1. The van der Waals surface area contributed by atoms with Gasteiger partial charge in [-0.15, -0.1) is 0 Å². The molecular formula is C27H34BF6N5O5. The standard InChI is InChI=1S/C27H34BF6N5O5/c29-26(30,31)18-4-1-16(2-5-18)14-22(38-25(42)21(37)7-8-24(41)39(11-9-35)12-10-36)23(40)15-17-3-6-19(27(32,33)34)20(13-17)28(43)44/h1-6,13,21-22,43-44H,7-12,14-15,35-37H2,(H,38,42)/t21-,22+/m0/s1. The second-order valence-corrected chi connectivity index (χ2v) is 10.00. The molecule has 17 heteroatoms. The summed E-state index contributed by atoms with van der Waals surface area (Å²) in [6, 6.07) is 3.43. The van der Waals surface area contributed by atoms with Crippen molar-refractivity contribution < 1.29 is 50.8 Å². The van der Waals surface area contributed by atoms with E-state index in [-0.39, 0.29) is 62.5 Å². The lowest BCUT2D eigenvalue weighted by Gasteiger charge is -2.23. The molecular weight excluding hydrogens is 599 g/mol. The van der Waals surface area contributed by atoms with Crippen molar-refractivity contribution >= 4 is 30.2 Å². The molecule has 0 saturated carbocycles. The second kappa shape index (κ2) is 16.0. The van der Waals surface area contributed by atoms with Crippen LogP contribution in [-0.4, -0.2) is 77.9 Å². The zero-order valence-electron chi connectivity index (χ0n) is 23.5. The molecule has 9 N–H and O–H groups in total. The number of carbonyl (C=O) groups excluding carboxylic acids is 3. The topological polar surface area (TPSA) is 185 Å². The zero-order chi connectivity index (χ0) is 33.2. The van der Waals surface area contributed by atoms with Crippen LogP contribution in [0.5, 0.6) is 0 Å². The Labute approximate surface area is 249 Å². The third-order valence-corrected chi connectivity index (χ3v) is 6.66. The van der Waals surface area contributed by atoms with E-state index in [1.807, 2.05) is 0 Å². The van der Waals surface area contributed by atoms with Crippen LogP contribution in [0.25, 0.3) is 0 Å². The zero-order valence-corrected chi connectivity index (χ0v) is 23.5. The largest absolute Gasteiger partial charge is 0.489 e. The molecule has 0 saturated heterocycles. The Hall–Kier alpha value is -3.51. The van der Waals surface area contributed by atoms with E-state index in [1.165, 1.54) is 4.90 Å². The van der Waals surface area contributed by atoms with Crippen molar-refractivity contribution in [3.8, 4) is 0 Å². The van der Waals surface area contributed by atoms with Crippen LogP contribution in [0, 0.1) is 0 Å². The highest BCUT2D eigenvalue weighted by Crippen LogP contribution is 2.30. The molecule has 0 aliphatic rings. The Morgan fingerprint density at radius 3 is 1.95 bits per heavy atom. The van der Waals surface area contributed by atoms with Crippen molar-refractivity contribution in [1.82, 2.24) is 10.2 Å². The van der Waals surface area contributed by atoms with Crippen LogP contribution in [0.4, 0.5) is 26.3 Å². The molecule has 0 fully saturated rings.